The van der Waals surface area contributed by atoms with Crippen molar-refractivity contribution >= 4 is 44.0 Å². The number of thiazole rings is 1. The van der Waals surface area contributed by atoms with Gasteiger partial charge in [0.05, 0.1) is 11.9 Å². The van der Waals surface area contributed by atoms with Gasteiger partial charge in [0.2, 0.25) is 0 Å². The zero-order valence-electron chi connectivity index (χ0n) is 15.8. The summed E-state index contributed by atoms with van der Waals surface area (Å²) < 4.78 is 25.8. The fourth-order valence-electron chi connectivity index (χ4n) is 3.39. The normalized spacial score (nSPS) is 14.5. The smallest absolute Gasteiger partial charge is 0.307 e. The maximum absolute atomic E-state index is 12.8. The predicted molar refractivity (Wildman–Crippen MR) is 112 cm³/mol. The third kappa shape index (κ3) is 4.12. The van der Waals surface area contributed by atoms with Crippen molar-refractivity contribution in [1.82, 2.24) is 13.9 Å². The lowest BCUT2D eigenvalue weighted by molar-refractivity contribution is 0.0923. The minimum Gasteiger partial charge on any atom is -0.307 e. The Balaban J connectivity index is 1.46. The number of nitrogens with one attached hydrogen (secondary N) is 2. The van der Waals surface area contributed by atoms with Gasteiger partial charge in [-0.2, -0.15) is 8.42 Å². The number of hydrogen-bond donors (Lipinski definition) is 2. The van der Waals surface area contributed by atoms with E-state index in [0.717, 1.165) is 41.0 Å². The van der Waals surface area contributed by atoms with Crippen LogP contribution in [0, 0.1) is 5.92 Å². The van der Waals surface area contributed by atoms with Crippen LogP contribution in [0.3, 0.4) is 0 Å². The second-order valence-corrected chi connectivity index (χ2v) is 9.95. The van der Waals surface area contributed by atoms with E-state index in [4.69, 9.17) is 0 Å². The summed E-state index contributed by atoms with van der Waals surface area (Å²) in [5.41, 5.74) is 0.886. The van der Waals surface area contributed by atoms with E-state index in [1.54, 1.807) is 24.3 Å². The Morgan fingerprint density at radius 2 is 1.90 bits per heavy atom. The summed E-state index contributed by atoms with van der Waals surface area (Å²) in [6.07, 6.45) is 8.84. The Kier molecular flexibility index (Phi) is 5.64. The lowest BCUT2D eigenvalue weighted by Gasteiger charge is -2.13. The van der Waals surface area contributed by atoms with Gasteiger partial charge in [-0.25, -0.2) is 18.7 Å². The topological polar surface area (TPSA) is 123 Å². The van der Waals surface area contributed by atoms with Crippen LogP contribution < -0.4 is 10.6 Å². The first-order valence-corrected chi connectivity index (χ1v) is 11.6. The minimum atomic E-state index is -3.80. The molecule has 2 N–H and O–H groups in total. The summed E-state index contributed by atoms with van der Waals surface area (Å²) in [7, 11) is -3.80. The van der Waals surface area contributed by atoms with Crippen molar-refractivity contribution in [3.8, 4) is 0 Å². The van der Waals surface area contributed by atoms with E-state index in [1.165, 1.54) is 24.9 Å². The van der Waals surface area contributed by atoms with Crippen LogP contribution >= 0.6 is 11.3 Å². The molecule has 2 heterocycles. The molecule has 0 aliphatic heterocycles. The van der Waals surface area contributed by atoms with Crippen molar-refractivity contribution in [1.29, 1.82) is 0 Å². The third-order valence-corrected chi connectivity index (χ3v) is 7.86. The van der Waals surface area contributed by atoms with Gasteiger partial charge in [0.15, 0.2) is 15.1 Å². The molecule has 1 aliphatic carbocycles. The number of Topliss-reactive ketones (excluding diaryl/α,β-unsaturated/α-hetero) is 1. The molecule has 0 spiro atoms. The molecule has 30 heavy (non-hydrogen) atoms. The van der Waals surface area contributed by atoms with Crippen molar-refractivity contribution in [2.24, 2.45) is 5.92 Å². The number of rotatable bonds is 6. The first kappa shape index (κ1) is 20.2. The Bertz CT molecular complexity index is 1170. The summed E-state index contributed by atoms with van der Waals surface area (Å²) in [4.78, 5) is 32.9. The summed E-state index contributed by atoms with van der Waals surface area (Å²) in [6, 6.07) is 6.26. The molecule has 3 aromatic rings. The first-order chi connectivity index (χ1) is 14.4. The van der Waals surface area contributed by atoms with Crippen molar-refractivity contribution in [2.45, 2.75) is 29.9 Å². The molecule has 2 amide bonds. The zero-order chi connectivity index (χ0) is 21.1. The fourth-order valence-corrected chi connectivity index (χ4v) is 5.64. The van der Waals surface area contributed by atoms with Crippen LogP contribution in [0.2, 0.25) is 0 Å². The molecular formula is C19H19N5O4S2. The molecule has 0 atom stereocenters. The highest BCUT2D eigenvalue weighted by atomic mass is 32.2. The minimum absolute atomic E-state index is 0.00841. The number of amides is 2. The van der Waals surface area contributed by atoms with Gasteiger partial charge >= 0.3 is 6.03 Å². The second kappa shape index (κ2) is 8.36. The number of anilines is 2. The van der Waals surface area contributed by atoms with Crippen LogP contribution in [-0.4, -0.2) is 34.2 Å². The molecular weight excluding hydrogens is 426 g/mol. The van der Waals surface area contributed by atoms with Crippen molar-refractivity contribution in [3.05, 3.63) is 54.7 Å². The molecule has 1 aliphatic rings. The van der Waals surface area contributed by atoms with Crippen LogP contribution in [0.5, 0.6) is 0 Å². The first-order valence-electron chi connectivity index (χ1n) is 9.36. The number of para-hydroxylation sites is 1. The van der Waals surface area contributed by atoms with E-state index >= 15 is 0 Å². The highest BCUT2D eigenvalue weighted by molar-refractivity contribution is 7.92. The van der Waals surface area contributed by atoms with Crippen LogP contribution in [0.1, 0.15) is 36.0 Å². The zero-order valence-corrected chi connectivity index (χ0v) is 17.4. The van der Waals surface area contributed by atoms with Crippen LogP contribution in [0.15, 0.2) is 53.4 Å². The van der Waals surface area contributed by atoms with Gasteiger partial charge in [-0.15, -0.1) is 0 Å². The SMILES string of the molecule is O=C(Nc1ncc(S(=O)(=O)n2ccnc2)s1)Nc1ccccc1C(=O)C1CCCC1. The van der Waals surface area contributed by atoms with Crippen LogP contribution in [-0.2, 0) is 10.0 Å². The Labute approximate surface area is 177 Å². The van der Waals surface area contributed by atoms with Gasteiger partial charge < -0.3 is 5.32 Å². The van der Waals surface area contributed by atoms with Crippen LogP contribution in [0.25, 0.3) is 0 Å². The quantitative estimate of drug-likeness (QED) is 0.559. The molecule has 1 aromatic carbocycles. The van der Waals surface area contributed by atoms with Gasteiger partial charge in [-0.05, 0) is 25.0 Å². The molecule has 9 nitrogen and oxygen atoms in total. The van der Waals surface area contributed by atoms with Gasteiger partial charge in [0, 0.05) is 23.9 Å². The summed E-state index contributed by atoms with van der Waals surface area (Å²) in [6.45, 7) is 0. The average Bonchev–Trinajstić information content (AvgIpc) is 3.50. The van der Waals surface area contributed by atoms with Crippen molar-refractivity contribution in [3.63, 3.8) is 0 Å². The number of urea groups is 1. The molecule has 4 rings (SSSR count). The van der Waals surface area contributed by atoms with E-state index in [1.807, 2.05) is 0 Å². The third-order valence-electron chi connectivity index (χ3n) is 4.88. The number of benzene rings is 1. The van der Waals surface area contributed by atoms with Gasteiger partial charge in [0.25, 0.3) is 10.0 Å². The monoisotopic (exact) mass is 445 g/mol. The Morgan fingerprint density at radius 3 is 2.63 bits per heavy atom. The molecule has 0 unspecified atom stereocenters. The maximum Gasteiger partial charge on any atom is 0.325 e. The van der Waals surface area contributed by atoms with E-state index in [0.29, 0.717) is 11.3 Å². The molecule has 1 saturated carbocycles. The molecule has 0 saturated heterocycles. The number of ketones is 1. The Hall–Kier alpha value is -3.05. The number of imidazole rings is 1. The van der Waals surface area contributed by atoms with Gasteiger partial charge in [-0.1, -0.05) is 36.3 Å². The number of aromatic nitrogens is 3. The Morgan fingerprint density at radius 1 is 1.13 bits per heavy atom. The van der Waals surface area contributed by atoms with Gasteiger partial charge in [0.1, 0.15) is 6.33 Å². The highest BCUT2D eigenvalue weighted by Crippen LogP contribution is 2.30. The number of nitrogens with zero attached hydrogens (tertiary/aromatic N) is 3. The van der Waals surface area contributed by atoms with Gasteiger partial charge in [-0.3, -0.25) is 10.1 Å². The van der Waals surface area contributed by atoms with E-state index in [2.05, 4.69) is 20.6 Å². The fraction of sp³-hybridized carbons (Fsp3) is 0.263. The molecule has 11 heteroatoms. The van der Waals surface area contributed by atoms with Crippen molar-refractivity contribution in [2.75, 3.05) is 10.6 Å². The van der Waals surface area contributed by atoms with E-state index in [-0.39, 0.29) is 21.0 Å². The molecule has 1 fully saturated rings. The van der Waals surface area contributed by atoms with Crippen molar-refractivity contribution < 1.29 is 18.0 Å². The lowest BCUT2D eigenvalue weighted by Crippen LogP contribution is -2.22. The lowest BCUT2D eigenvalue weighted by atomic mass is 9.95. The number of hydrogen-bond acceptors (Lipinski definition) is 7. The van der Waals surface area contributed by atoms with Crippen LogP contribution in [0.4, 0.5) is 15.6 Å². The largest absolute Gasteiger partial charge is 0.325 e. The number of carbonyl (C=O) groups is 2. The summed E-state index contributed by atoms with van der Waals surface area (Å²) >= 11 is 0.821. The summed E-state index contributed by atoms with van der Waals surface area (Å²) in [5.74, 6) is 0.0253. The molecule has 0 bridgehead atoms. The summed E-state index contributed by atoms with van der Waals surface area (Å²) in [5, 5.41) is 5.31. The number of carbonyl (C=O) groups excluding carboxylic acids is 2. The highest BCUT2D eigenvalue weighted by Gasteiger charge is 2.26. The second-order valence-electron chi connectivity index (χ2n) is 6.85. The average molecular weight is 446 g/mol. The van der Waals surface area contributed by atoms with E-state index < -0.39 is 16.1 Å². The standard InChI is InChI=1S/C19H19N5O4S2/c25-17(13-5-1-2-6-13)14-7-3-4-8-15(14)22-18(26)23-19-21-11-16(29-19)30(27,28)24-10-9-20-12-24/h3-4,7-13H,1-2,5-6H2,(H2,21,22,23,26). The van der Waals surface area contributed by atoms with E-state index in [9.17, 15) is 18.0 Å². The molecule has 2 aromatic heterocycles. The molecule has 0 radical (unpaired) electrons. The predicted octanol–water partition coefficient (Wildman–Crippen LogP) is 3.59. The maximum atomic E-state index is 12.8. The molecule has 156 valence electrons.